The summed E-state index contributed by atoms with van der Waals surface area (Å²) in [6.45, 7) is 1.71. The number of nitro benzene ring substituents is 1. The summed E-state index contributed by atoms with van der Waals surface area (Å²) < 4.78 is 5.13. The van der Waals surface area contributed by atoms with Crippen molar-refractivity contribution in [1.29, 1.82) is 0 Å². The van der Waals surface area contributed by atoms with Crippen LogP contribution in [0.25, 0.3) is 0 Å². The highest BCUT2D eigenvalue weighted by atomic mass is 35.5. The Balaban J connectivity index is 2.35. The third-order valence-corrected chi connectivity index (χ3v) is 2.66. The number of nitrogens with zero attached hydrogens (tertiary/aromatic N) is 3. The Morgan fingerprint density at radius 3 is 2.70 bits per heavy atom. The molecule has 0 saturated carbocycles. The van der Waals surface area contributed by atoms with Crippen LogP contribution >= 0.6 is 11.6 Å². The number of methoxy groups -OCH3 is 1. The molecule has 0 aliphatic rings. The van der Waals surface area contributed by atoms with Gasteiger partial charge in [0.2, 0.25) is 0 Å². The van der Waals surface area contributed by atoms with E-state index in [9.17, 15) is 10.1 Å². The predicted octanol–water partition coefficient (Wildman–Crippen LogP) is 3.10. The smallest absolute Gasteiger partial charge is 0.273 e. The van der Waals surface area contributed by atoms with Gasteiger partial charge in [0.05, 0.1) is 23.8 Å². The van der Waals surface area contributed by atoms with Crippen molar-refractivity contribution in [2.45, 2.75) is 6.92 Å². The summed E-state index contributed by atoms with van der Waals surface area (Å²) in [5.74, 6) is 1.34. The van der Waals surface area contributed by atoms with Crippen LogP contribution in [0, 0.1) is 17.0 Å². The summed E-state index contributed by atoms with van der Waals surface area (Å²) in [4.78, 5) is 18.3. The number of nitrogens with one attached hydrogen (secondary N) is 1. The lowest BCUT2D eigenvalue weighted by atomic mass is 10.2. The molecule has 20 heavy (non-hydrogen) atoms. The maximum absolute atomic E-state index is 10.7. The molecule has 0 fully saturated rings. The summed E-state index contributed by atoms with van der Waals surface area (Å²) in [6, 6.07) is 5.80. The van der Waals surface area contributed by atoms with E-state index in [1.54, 1.807) is 19.1 Å². The fourth-order valence-corrected chi connectivity index (χ4v) is 1.86. The minimum Gasteiger partial charge on any atom is -0.494 e. The molecule has 0 bridgehead atoms. The zero-order valence-corrected chi connectivity index (χ0v) is 11.5. The summed E-state index contributed by atoms with van der Waals surface area (Å²) in [5.41, 5.74) is 0.497. The van der Waals surface area contributed by atoms with Crippen molar-refractivity contribution < 1.29 is 9.66 Å². The number of benzene rings is 1. The number of hydrogen-bond acceptors (Lipinski definition) is 6. The van der Waals surface area contributed by atoms with Gasteiger partial charge in [-0.2, -0.15) is 0 Å². The van der Waals surface area contributed by atoms with Gasteiger partial charge in [0.25, 0.3) is 5.69 Å². The third kappa shape index (κ3) is 3.12. The van der Waals surface area contributed by atoms with Gasteiger partial charge in [0.1, 0.15) is 22.5 Å². The first-order valence-electron chi connectivity index (χ1n) is 5.60. The van der Waals surface area contributed by atoms with Crippen LogP contribution in [-0.4, -0.2) is 22.0 Å². The van der Waals surface area contributed by atoms with E-state index in [0.717, 1.165) is 0 Å². The van der Waals surface area contributed by atoms with E-state index in [1.807, 2.05) is 0 Å². The second-order valence-corrected chi connectivity index (χ2v) is 4.28. The second-order valence-electron chi connectivity index (χ2n) is 3.89. The second kappa shape index (κ2) is 5.70. The molecule has 0 unspecified atom stereocenters. The van der Waals surface area contributed by atoms with Crippen LogP contribution in [0.2, 0.25) is 5.15 Å². The van der Waals surface area contributed by atoms with Crippen LogP contribution in [0.5, 0.6) is 5.75 Å². The minimum atomic E-state index is -0.488. The number of aryl methyl sites for hydroxylation is 1. The lowest BCUT2D eigenvalue weighted by molar-refractivity contribution is -0.384. The molecular weight excluding hydrogens is 284 g/mol. The molecule has 1 aromatic carbocycles. The zero-order chi connectivity index (χ0) is 14.7. The maximum atomic E-state index is 10.7. The number of nitro groups is 1. The molecule has 0 saturated heterocycles. The Morgan fingerprint density at radius 2 is 2.10 bits per heavy atom. The minimum absolute atomic E-state index is 0.0516. The number of aromatic nitrogens is 2. The summed E-state index contributed by atoms with van der Waals surface area (Å²) >= 11 is 5.85. The van der Waals surface area contributed by atoms with Gasteiger partial charge in [-0.25, -0.2) is 9.97 Å². The summed E-state index contributed by atoms with van der Waals surface area (Å²) in [7, 11) is 1.43. The van der Waals surface area contributed by atoms with Crippen molar-refractivity contribution in [2.75, 3.05) is 12.4 Å². The van der Waals surface area contributed by atoms with Gasteiger partial charge in [0, 0.05) is 12.1 Å². The molecule has 1 heterocycles. The lowest BCUT2D eigenvalue weighted by Gasteiger charge is -2.10. The SMILES string of the molecule is COc1cc([N+](=O)[O-])ccc1Nc1cc(Cl)nc(C)n1. The number of ether oxygens (including phenoxy) is 1. The number of halogens is 1. The number of anilines is 2. The van der Waals surface area contributed by atoms with Crippen LogP contribution in [0.3, 0.4) is 0 Å². The standard InChI is InChI=1S/C12H11ClN4O3/c1-7-14-11(13)6-12(15-7)16-9-4-3-8(17(18)19)5-10(9)20-2/h3-6H,1-2H3,(H,14,15,16). The Hall–Kier alpha value is -2.41. The van der Waals surface area contributed by atoms with E-state index in [1.165, 1.54) is 19.2 Å². The van der Waals surface area contributed by atoms with Crippen molar-refractivity contribution in [3.63, 3.8) is 0 Å². The molecular formula is C12H11ClN4O3. The van der Waals surface area contributed by atoms with E-state index in [4.69, 9.17) is 16.3 Å². The van der Waals surface area contributed by atoms with Crippen molar-refractivity contribution in [3.05, 3.63) is 45.4 Å². The van der Waals surface area contributed by atoms with Crippen molar-refractivity contribution in [2.24, 2.45) is 0 Å². The molecule has 104 valence electrons. The van der Waals surface area contributed by atoms with Gasteiger partial charge in [-0.1, -0.05) is 11.6 Å². The molecule has 0 amide bonds. The first kappa shape index (κ1) is 14.0. The monoisotopic (exact) mass is 294 g/mol. The highest BCUT2D eigenvalue weighted by molar-refractivity contribution is 6.29. The Morgan fingerprint density at radius 1 is 1.35 bits per heavy atom. The van der Waals surface area contributed by atoms with Crippen LogP contribution < -0.4 is 10.1 Å². The predicted molar refractivity (Wildman–Crippen MR) is 74.7 cm³/mol. The van der Waals surface area contributed by atoms with Crippen LogP contribution in [0.15, 0.2) is 24.3 Å². The molecule has 0 spiro atoms. The van der Waals surface area contributed by atoms with Crippen molar-refractivity contribution in [3.8, 4) is 5.75 Å². The van der Waals surface area contributed by atoms with E-state index in [2.05, 4.69) is 15.3 Å². The molecule has 7 nitrogen and oxygen atoms in total. The average Bonchev–Trinajstić information content (AvgIpc) is 2.37. The summed E-state index contributed by atoms with van der Waals surface area (Å²) in [6.07, 6.45) is 0. The Labute approximate surface area is 119 Å². The number of rotatable bonds is 4. The van der Waals surface area contributed by atoms with E-state index in [-0.39, 0.29) is 5.69 Å². The fraction of sp³-hybridized carbons (Fsp3) is 0.167. The van der Waals surface area contributed by atoms with Gasteiger partial charge in [0.15, 0.2) is 0 Å². The largest absolute Gasteiger partial charge is 0.494 e. The quantitative estimate of drug-likeness (QED) is 0.529. The molecule has 1 N–H and O–H groups in total. The van der Waals surface area contributed by atoms with Gasteiger partial charge in [-0.3, -0.25) is 10.1 Å². The summed E-state index contributed by atoms with van der Waals surface area (Å²) in [5, 5.41) is 14.0. The lowest BCUT2D eigenvalue weighted by Crippen LogP contribution is -2.00. The van der Waals surface area contributed by atoms with Gasteiger partial charge in [-0.05, 0) is 13.0 Å². The molecule has 0 atom stereocenters. The fourth-order valence-electron chi connectivity index (χ4n) is 1.63. The maximum Gasteiger partial charge on any atom is 0.273 e. The van der Waals surface area contributed by atoms with Crippen molar-refractivity contribution in [1.82, 2.24) is 9.97 Å². The molecule has 0 radical (unpaired) electrons. The highest BCUT2D eigenvalue weighted by Crippen LogP contribution is 2.31. The molecule has 8 heteroatoms. The first-order chi connectivity index (χ1) is 9.49. The highest BCUT2D eigenvalue weighted by Gasteiger charge is 2.12. The average molecular weight is 295 g/mol. The number of hydrogen-bond donors (Lipinski definition) is 1. The van der Waals surface area contributed by atoms with E-state index < -0.39 is 4.92 Å². The molecule has 0 aliphatic heterocycles. The normalized spacial score (nSPS) is 10.2. The topological polar surface area (TPSA) is 90.2 Å². The Kier molecular flexibility index (Phi) is 3.99. The van der Waals surface area contributed by atoms with Crippen molar-refractivity contribution >= 4 is 28.8 Å². The van der Waals surface area contributed by atoms with Gasteiger partial charge >= 0.3 is 0 Å². The molecule has 2 rings (SSSR count). The molecule has 2 aromatic rings. The van der Waals surface area contributed by atoms with E-state index >= 15 is 0 Å². The van der Waals surface area contributed by atoms with Gasteiger partial charge in [-0.15, -0.1) is 0 Å². The van der Waals surface area contributed by atoms with Crippen LogP contribution in [0.1, 0.15) is 5.82 Å². The number of non-ortho nitro benzene ring substituents is 1. The zero-order valence-electron chi connectivity index (χ0n) is 10.8. The first-order valence-corrected chi connectivity index (χ1v) is 5.98. The van der Waals surface area contributed by atoms with Crippen LogP contribution in [0.4, 0.5) is 17.2 Å². The third-order valence-electron chi connectivity index (χ3n) is 2.47. The molecule has 1 aromatic heterocycles. The van der Waals surface area contributed by atoms with E-state index in [0.29, 0.717) is 28.2 Å². The van der Waals surface area contributed by atoms with Crippen LogP contribution in [-0.2, 0) is 0 Å². The Bertz CT molecular complexity index is 643. The molecule has 0 aliphatic carbocycles. The van der Waals surface area contributed by atoms with Gasteiger partial charge < -0.3 is 10.1 Å².